The number of aromatic amines is 1. The summed E-state index contributed by atoms with van der Waals surface area (Å²) in [6, 6.07) is 7.03. The maximum atomic E-state index is 11.9. The summed E-state index contributed by atoms with van der Waals surface area (Å²) in [4.78, 5) is 42.1. The first-order valence-corrected chi connectivity index (χ1v) is 7.92. The Bertz CT molecular complexity index is 785. The van der Waals surface area contributed by atoms with Crippen molar-refractivity contribution >= 4 is 22.8 Å². The quantitative estimate of drug-likeness (QED) is 0.745. The maximum absolute atomic E-state index is 11.9. The molecule has 0 saturated carbocycles. The van der Waals surface area contributed by atoms with E-state index in [1.54, 1.807) is 24.3 Å². The average Bonchev–Trinajstić information content (AvgIpc) is 2.58. The predicted octanol–water partition coefficient (Wildman–Crippen LogP) is 1.31. The van der Waals surface area contributed by atoms with Gasteiger partial charge in [-0.1, -0.05) is 19.1 Å². The van der Waals surface area contributed by atoms with Crippen LogP contribution in [0.2, 0.25) is 0 Å². The number of amides is 1. The van der Waals surface area contributed by atoms with Crippen LogP contribution in [0.15, 0.2) is 29.1 Å². The second-order valence-corrected chi connectivity index (χ2v) is 5.57. The molecule has 0 bridgehead atoms. The Morgan fingerprint density at radius 1 is 1.33 bits per heavy atom. The van der Waals surface area contributed by atoms with Crippen molar-refractivity contribution in [2.75, 3.05) is 6.61 Å². The lowest BCUT2D eigenvalue weighted by atomic mass is 10.2. The fraction of sp³-hybridized carbons (Fsp3) is 0.412. The highest BCUT2D eigenvalue weighted by atomic mass is 16.5. The summed E-state index contributed by atoms with van der Waals surface area (Å²) in [5.74, 6) is -0.417. The topological polar surface area (TPSA) is 101 Å². The van der Waals surface area contributed by atoms with Crippen molar-refractivity contribution in [2.24, 2.45) is 0 Å². The van der Waals surface area contributed by atoms with Crippen molar-refractivity contribution in [3.8, 4) is 0 Å². The highest BCUT2D eigenvalue weighted by Crippen LogP contribution is 2.06. The minimum atomic E-state index is -0.509. The number of fused-ring (bicyclic) bond motifs is 1. The first kappa shape index (κ1) is 17.7. The molecule has 2 N–H and O–H groups in total. The molecule has 2 aromatic rings. The van der Waals surface area contributed by atoms with E-state index in [4.69, 9.17) is 4.74 Å². The van der Waals surface area contributed by atoms with Gasteiger partial charge in [-0.15, -0.1) is 0 Å². The van der Waals surface area contributed by atoms with Gasteiger partial charge in [-0.3, -0.25) is 14.4 Å². The molecule has 128 valence electrons. The standard InChI is InChI=1S/C17H21N3O4/c1-3-11(2)18-15(21)10-24-16(22)9-8-14-19-13-7-5-4-6-12(13)17(23)20-14/h4-7,11H,3,8-10H2,1-2H3,(H,18,21)(H,19,20,23)/t11-/m1/s1. The lowest BCUT2D eigenvalue weighted by molar-refractivity contribution is -0.148. The third-order valence-electron chi connectivity index (χ3n) is 3.61. The molecule has 7 heteroatoms. The molecule has 0 aliphatic rings. The molecule has 24 heavy (non-hydrogen) atoms. The summed E-state index contributed by atoms with van der Waals surface area (Å²) >= 11 is 0. The Morgan fingerprint density at radius 3 is 2.83 bits per heavy atom. The Hall–Kier alpha value is -2.70. The van der Waals surface area contributed by atoms with Crippen LogP contribution in [0.4, 0.5) is 0 Å². The molecule has 7 nitrogen and oxygen atoms in total. The summed E-state index contributed by atoms with van der Waals surface area (Å²) in [6.45, 7) is 3.53. The molecule has 0 fully saturated rings. The van der Waals surface area contributed by atoms with E-state index in [2.05, 4.69) is 15.3 Å². The smallest absolute Gasteiger partial charge is 0.306 e. The molecule has 0 radical (unpaired) electrons. The largest absolute Gasteiger partial charge is 0.456 e. The summed E-state index contributed by atoms with van der Waals surface area (Å²) in [5.41, 5.74) is 0.342. The van der Waals surface area contributed by atoms with E-state index in [-0.39, 0.29) is 37.0 Å². The number of nitrogens with one attached hydrogen (secondary N) is 2. The van der Waals surface area contributed by atoms with Gasteiger partial charge in [0.25, 0.3) is 11.5 Å². The van der Waals surface area contributed by atoms with E-state index in [1.165, 1.54) is 0 Å². The highest BCUT2D eigenvalue weighted by molar-refractivity contribution is 5.80. The minimum absolute atomic E-state index is 0.0396. The number of para-hydroxylation sites is 1. The molecule has 1 aromatic heterocycles. The highest BCUT2D eigenvalue weighted by Gasteiger charge is 2.11. The SMILES string of the molecule is CC[C@@H](C)NC(=O)COC(=O)CCc1nc2ccccc2c(=O)[nH]1. The molecule has 2 rings (SSSR count). The van der Waals surface area contributed by atoms with Crippen molar-refractivity contribution < 1.29 is 14.3 Å². The summed E-state index contributed by atoms with van der Waals surface area (Å²) < 4.78 is 4.92. The van der Waals surface area contributed by atoms with Crippen molar-refractivity contribution in [1.29, 1.82) is 0 Å². The Labute approximate surface area is 139 Å². The zero-order valence-corrected chi connectivity index (χ0v) is 13.8. The molecular formula is C17H21N3O4. The van der Waals surface area contributed by atoms with Crippen molar-refractivity contribution in [3.63, 3.8) is 0 Å². The van der Waals surface area contributed by atoms with E-state index < -0.39 is 5.97 Å². The fourth-order valence-electron chi connectivity index (χ4n) is 2.11. The van der Waals surface area contributed by atoms with Crippen LogP contribution in [0.1, 0.15) is 32.5 Å². The number of benzene rings is 1. The van der Waals surface area contributed by atoms with Crippen molar-refractivity contribution in [1.82, 2.24) is 15.3 Å². The normalized spacial score (nSPS) is 11.9. The average molecular weight is 331 g/mol. The van der Waals surface area contributed by atoms with Gasteiger partial charge in [-0.25, -0.2) is 4.98 Å². The molecule has 1 heterocycles. The Kier molecular flexibility index (Phi) is 6.06. The lowest BCUT2D eigenvalue weighted by Crippen LogP contribution is -2.35. The van der Waals surface area contributed by atoms with E-state index in [0.717, 1.165) is 6.42 Å². The number of carbonyl (C=O) groups is 2. The number of nitrogens with zero attached hydrogens (tertiary/aromatic N) is 1. The Balaban J connectivity index is 1.86. The number of ether oxygens (including phenoxy) is 1. The van der Waals surface area contributed by atoms with Gasteiger partial charge in [-0.2, -0.15) is 0 Å². The van der Waals surface area contributed by atoms with Crippen LogP contribution in [0, 0.1) is 0 Å². The van der Waals surface area contributed by atoms with Gasteiger partial charge in [0.05, 0.1) is 17.3 Å². The van der Waals surface area contributed by atoms with Gasteiger partial charge in [0.15, 0.2) is 6.61 Å². The van der Waals surface area contributed by atoms with Crippen LogP contribution >= 0.6 is 0 Å². The number of esters is 1. The number of aryl methyl sites for hydroxylation is 1. The third-order valence-corrected chi connectivity index (χ3v) is 3.61. The summed E-state index contributed by atoms with van der Waals surface area (Å²) in [7, 11) is 0. The molecule has 0 aliphatic carbocycles. The number of carbonyl (C=O) groups excluding carboxylic acids is 2. The van der Waals surface area contributed by atoms with Crippen molar-refractivity contribution in [3.05, 3.63) is 40.4 Å². The molecule has 0 aliphatic heterocycles. The minimum Gasteiger partial charge on any atom is -0.456 e. The molecule has 0 spiro atoms. The number of aromatic nitrogens is 2. The number of hydrogen-bond donors (Lipinski definition) is 2. The van der Waals surface area contributed by atoms with Gasteiger partial charge in [-0.05, 0) is 25.5 Å². The zero-order valence-electron chi connectivity index (χ0n) is 13.8. The second kappa shape index (κ2) is 8.24. The van der Waals surface area contributed by atoms with E-state index in [9.17, 15) is 14.4 Å². The molecule has 1 atom stereocenters. The van der Waals surface area contributed by atoms with Gasteiger partial charge in [0, 0.05) is 12.5 Å². The van der Waals surface area contributed by atoms with E-state index in [1.807, 2.05) is 13.8 Å². The van der Waals surface area contributed by atoms with Crippen LogP contribution in [-0.2, 0) is 20.7 Å². The van der Waals surface area contributed by atoms with E-state index >= 15 is 0 Å². The van der Waals surface area contributed by atoms with Gasteiger partial charge < -0.3 is 15.0 Å². The molecular weight excluding hydrogens is 310 g/mol. The molecule has 0 unspecified atom stereocenters. The number of H-pyrrole nitrogens is 1. The van der Waals surface area contributed by atoms with Crippen LogP contribution in [0.25, 0.3) is 10.9 Å². The number of rotatable bonds is 7. The zero-order chi connectivity index (χ0) is 17.5. The van der Waals surface area contributed by atoms with Crippen LogP contribution < -0.4 is 10.9 Å². The van der Waals surface area contributed by atoms with Gasteiger partial charge in [0.2, 0.25) is 0 Å². The Morgan fingerprint density at radius 2 is 2.08 bits per heavy atom. The van der Waals surface area contributed by atoms with Crippen molar-refractivity contribution in [2.45, 2.75) is 39.2 Å². The summed E-state index contributed by atoms with van der Waals surface area (Å²) in [5, 5.41) is 3.22. The fourth-order valence-corrected chi connectivity index (χ4v) is 2.11. The number of hydrogen-bond acceptors (Lipinski definition) is 5. The van der Waals surface area contributed by atoms with Gasteiger partial charge >= 0.3 is 5.97 Å². The third kappa shape index (κ3) is 4.91. The predicted molar refractivity (Wildman–Crippen MR) is 89.5 cm³/mol. The molecule has 1 aromatic carbocycles. The van der Waals surface area contributed by atoms with Crippen LogP contribution in [-0.4, -0.2) is 34.5 Å². The van der Waals surface area contributed by atoms with Gasteiger partial charge in [0.1, 0.15) is 5.82 Å². The first-order valence-electron chi connectivity index (χ1n) is 7.92. The monoisotopic (exact) mass is 331 g/mol. The molecule has 0 saturated heterocycles. The first-order chi connectivity index (χ1) is 11.5. The lowest BCUT2D eigenvalue weighted by Gasteiger charge is -2.11. The second-order valence-electron chi connectivity index (χ2n) is 5.57. The molecule has 1 amide bonds. The maximum Gasteiger partial charge on any atom is 0.306 e. The van der Waals surface area contributed by atoms with Crippen LogP contribution in [0.3, 0.4) is 0 Å². The van der Waals surface area contributed by atoms with E-state index in [0.29, 0.717) is 16.7 Å². The van der Waals surface area contributed by atoms with Crippen LogP contribution in [0.5, 0.6) is 0 Å². The summed E-state index contributed by atoms with van der Waals surface area (Å²) in [6.07, 6.45) is 1.09.